The van der Waals surface area contributed by atoms with Gasteiger partial charge in [-0.2, -0.15) is 13.2 Å². The van der Waals surface area contributed by atoms with Crippen LogP contribution in [0.25, 0.3) is 10.9 Å². The molecule has 1 aromatic heterocycles. The first-order valence-electron chi connectivity index (χ1n) is 9.93. The highest BCUT2D eigenvalue weighted by atomic mass is 19.4. The fourth-order valence-corrected chi connectivity index (χ4v) is 5.13. The molecule has 0 bridgehead atoms. The largest absolute Gasteiger partial charge is 0.401 e. The van der Waals surface area contributed by atoms with Crippen LogP contribution in [0.4, 0.5) is 18.9 Å². The number of amides is 1. The van der Waals surface area contributed by atoms with E-state index in [9.17, 15) is 18.0 Å². The lowest BCUT2D eigenvalue weighted by molar-refractivity contribution is -0.144. The van der Waals surface area contributed by atoms with Crippen molar-refractivity contribution in [3.8, 4) is 0 Å². The molecule has 2 fully saturated rings. The number of H-pyrrole nitrogens is 1. The third-order valence-electron chi connectivity index (χ3n) is 6.23. The predicted molar refractivity (Wildman–Crippen MR) is 103 cm³/mol. The second kappa shape index (κ2) is 7.43. The van der Waals surface area contributed by atoms with Crippen LogP contribution in [0.3, 0.4) is 0 Å². The number of hydrogen-bond donors (Lipinski definition) is 2. The maximum absolute atomic E-state index is 12.6. The first kappa shape index (κ1) is 19.3. The average Bonchev–Trinajstić information content (AvgIpc) is 3.24. The lowest BCUT2D eigenvalue weighted by Crippen LogP contribution is -2.33. The zero-order chi connectivity index (χ0) is 19.9. The standard InChI is InChI=1S/C21H26F3N3O/c1-13(28)26-20-9-25-19-5-4-14(8-18(19)20)2-3-15-6-16-10-27(11-17(16)7-15)12-21(22,23)24/h4-5,8-9,15-17,25H,2-3,6-7,10-12H2,1H3,(H,26,28)/t15-,16-,17+. The van der Waals surface area contributed by atoms with Gasteiger partial charge in [0.1, 0.15) is 0 Å². The number of anilines is 1. The highest BCUT2D eigenvalue weighted by Gasteiger charge is 2.43. The number of halogens is 3. The van der Waals surface area contributed by atoms with Gasteiger partial charge in [-0.15, -0.1) is 0 Å². The van der Waals surface area contributed by atoms with E-state index >= 15 is 0 Å². The van der Waals surface area contributed by atoms with Gasteiger partial charge in [0.05, 0.1) is 12.2 Å². The lowest BCUT2D eigenvalue weighted by atomic mass is 9.96. The highest BCUT2D eigenvalue weighted by Crippen LogP contribution is 2.43. The van der Waals surface area contributed by atoms with Gasteiger partial charge in [-0.25, -0.2) is 0 Å². The highest BCUT2D eigenvalue weighted by molar-refractivity contribution is 6.01. The first-order chi connectivity index (χ1) is 13.3. The second-order valence-electron chi connectivity index (χ2n) is 8.47. The molecular weight excluding hydrogens is 367 g/mol. The molecule has 2 heterocycles. The van der Waals surface area contributed by atoms with Crippen LogP contribution >= 0.6 is 0 Å². The summed E-state index contributed by atoms with van der Waals surface area (Å²) in [5, 5.41) is 3.86. The number of nitrogens with zero attached hydrogens (tertiary/aromatic N) is 1. The molecule has 0 spiro atoms. The molecule has 1 amide bonds. The quantitative estimate of drug-likeness (QED) is 0.781. The molecule has 3 atom stereocenters. The molecule has 4 rings (SSSR count). The van der Waals surface area contributed by atoms with Crippen LogP contribution in [0.2, 0.25) is 0 Å². The minimum Gasteiger partial charge on any atom is -0.359 e. The van der Waals surface area contributed by atoms with Gasteiger partial charge >= 0.3 is 6.18 Å². The van der Waals surface area contributed by atoms with Crippen molar-refractivity contribution in [2.45, 2.75) is 38.8 Å². The summed E-state index contributed by atoms with van der Waals surface area (Å²) in [5.41, 5.74) is 3.02. The summed E-state index contributed by atoms with van der Waals surface area (Å²) < 4.78 is 37.8. The number of aromatic nitrogens is 1. The minimum absolute atomic E-state index is 0.0941. The summed E-state index contributed by atoms with van der Waals surface area (Å²) in [6, 6.07) is 6.27. The Morgan fingerprint density at radius 1 is 1.25 bits per heavy atom. The van der Waals surface area contributed by atoms with Gasteiger partial charge in [-0.3, -0.25) is 9.69 Å². The van der Waals surface area contributed by atoms with Crippen molar-refractivity contribution in [2.75, 3.05) is 25.0 Å². The molecule has 0 unspecified atom stereocenters. The van der Waals surface area contributed by atoms with Crippen molar-refractivity contribution >= 4 is 22.5 Å². The Morgan fingerprint density at radius 3 is 2.61 bits per heavy atom. The Morgan fingerprint density at radius 2 is 1.96 bits per heavy atom. The van der Waals surface area contributed by atoms with Crippen LogP contribution in [-0.2, 0) is 11.2 Å². The third-order valence-corrected chi connectivity index (χ3v) is 6.23. The van der Waals surface area contributed by atoms with E-state index in [1.807, 2.05) is 6.07 Å². The summed E-state index contributed by atoms with van der Waals surface area (Å²) in [5.74, 6) is 1.35. The zero-order valence-electron chi connectivity index (χ0n) is 16.0. The molecule has 1 saturated heterocycles. The number of hydrogen-bond acceptors (Lipinski definition) is 2. The van der Waals surface area contributed by atoms with Gasteiger partial charge in [0, 0.05) is 37.1 Å². The maximum Gasteiger partial charge on any atom is 0.401 e. The summed E-state index contributed by atoms with van der Waals surface area (Å²) >= 11 is 0. The molecule has 2 aromatic rings. The molecule has 1 aromatic carbocycles. The Hall–Kier alpha value is -2.02. The minimum atomic E-state index is -4.09. The Kier molecular flexibility index (Phi) is 5.12. The summed E-state index contributed by atoms with van der Waals surface area (Å²) in [6.45, 7) is 1.92. The Labute approximate surface area is 162 Å². The van der Waals surface area contributed by atoms with Gasteiger partial charge < -0.3 is 10.3 Å². The average molecular weight is 393 g/mol. The van der Waals surface area contributed by atoms with Gasteiger partial charge in [0.15, 0.2) is 0 Å². The molecule has 1 saturated carbocycles. The van der Waals surface area contributed by atoms with E-state index in [1.165, 1.54) is 12.5 Å². The number of rotatable bonds is 5. The molecule has 1 aliphatic heterocycles. The molecule has 2 aliphatic rings. The normalized spacial score (nSPS) is 25.4. The van der Waals surface area contributed by atoms with Crippen LogP contribution < -0.4 is 5.32 Å². The van der Waals surface area contributed by atoms with Gasteiger partial charge in [-0.1, -0.05) is 6.07 Å². The molecule has 2 N–H and O–H groups in total. The number of aromatic amines is 1. The van der Waals surface area contributed by atoms with Crippen LogP contribution in [-0.4, -0.2) is 41.6 Å². The molecule has 7 heteroatoms. The molecule has 1 aliphatic carbocycles. The topological polar surface area (TPSA) is 48.1 Å². The Bertz CT molecular complexity index is 846. The molecule has 152 valence electrons. The van der Waals surface area contributed by atoms with E-state index < -0.39 is 12.7 Å². The number of aryl methyl sites for hydroxylation is 1. The summed E-state index contributed by atoms with van der Waals surface area (Å²) in [7, 11) is 0. The van der Waals surface area contributed by atoms with Crippen LogP contribution in [0.5, 0.6) is 0 Å². The van der Waals surface area contributed by atoms with E-state index in [2.05, 4.69) is 22.4 Å². The fraction of sp³-hybridized carbons (Fsp3) is 0.571. The maximum atomic E-state index is 12.6. The SMILES string of the molecule is CC(=O)Nc1c[nH]c2ccc(CC[C@@H]3C[C@@H]4CN(CC(F)(F)F)C[C@@H]4C3)cc12. The van der Waals surface area contributed by atoms with E-state index in [-0.39, 0.29) is 5.91 Å². The third kappa shape index (κ3) is 4.35. The number of carbonyl (C=O) groups is 1. The van der Waals surface area contributed by atoms with Crippen LogP contribution in [0, 0.1) is 17.8 Å². The van der Waals surface area contributed by atoms with E-state index in [0.717, 1.165) is 42.3 Å². The molecule has 4 nitrogen and oxygen atoms in total. The fourth-order valence-electron chi connectivity index (χ4n) is 5.13. The molecular formula is C21H26F3N3O. The number of carbonyl (C=O) groups excluding carboxylic acids is 1. The van der Waals surface area contributed by atoms with Crippen molar-refractivity contribution in [2.24, 2.45) is 17.8 Å². The van der Waals surface area contributed by atoms with Crippen molar-refractivity contribution in [3.05, 3.63) is 30.0 Å². The van der Waals surface area contributed by atoms with E-state index in [1.54, 1.807) is 11.1 Å². The number of benzene rings is 1. The smallest absolute Gasteiger partial charge is 0.359 e. The van der Waals surface area contributed by atoms with E-state index in [0.29, 0.717) is 30.8 Å². The van der Waals surface area contributed by atoms with Crippen LogP contribution in [0.1, 0.15) is 31.7 Å². The predicted octanol–water partition coefficient (Wildman–Crippen LogP) is 4.58. The van der Waals surface area contributed by atoms with Crippen molar-refractivity contribution in [3.63, 3.8) is 0 Å². The van der Waals surface area contributed by atoms with Gasteiger partial charge in [-0.05, 0) is 61.1 Å². The molecule has 0 radical (unpaired) electrons. The van der Waals surface area contributed by atoms with Gasteiger partial charge in [0.2, 0.25) is 5.91 Å². The number of fused-ring (bicyclic) bond motifs is 2. The van der Waals surface area contributed by atoms with Crippen molar-refractivity contribution in [1.29, 1.82) is 0 Å². The zero-order valence-corrected chi connectivity index (χ0v) is 16.0. The number of nitrogens with one attached hydrogen (secondary N) is 2. The summed E-state index contributed by atoms with van der Waals surface area (Å²) in [4.78, 5) is 16.1. The lowest BCUT2D eigenvalue weighted by Gasteiger charge is -2.20. The Balaban J connectivity index is 1.32. The van der Waals surface area contributed by atoms with Crippen LogP contribution in [0.15, 0.2) is 24.4 Å². The van der Waals surface area contributed by atoms with E-state index in [4.69, 9.17) is 0 Å². The van der Waals surface area contributed by atoms with Crippen molar-refractivity contribution in [1.82, 2.24) is 9.88 Å². The molecule has 28 heavy (non-hydrogen) atoms. The monoisotopic (exact) mass is 393 g/mol. The first-order valence-corrected chi connectivity index (χ1v) is 9.93. The summed E-state index contributed by atoms with van der Waals surface area (Å²) in [6.07, 6.45) is 1.82. The number of alkyl halides is 3. The second-order valence-corrected chi connectivity index (χ2v) is 8.47. The number of likely N-dealkylation sites (tertiary alicyclic amines) is 1. The van der Waals surface area contributed by atoms with Crippen molar-refractivity contribution < 1.29 is 18.0 Å². The van der Waals surface area contributed by atoms with Gasteiger partial charge in [0.25, 0.3) is 0 Å².